The summed E-state index contributed by atoms with van der Waals surface area (Å²) in [5.41, 5.74) is 0. The van der Waals surface area contributed by atoms with Gasteiger partial charge in [-0.2, -0.15) is 4.98 Å². The van der Waals surface area contributed by atoms with Crippen molar-refractivity contribution < 1.29 is 14.0 Å². The van der Waals surface area contributed by atoms with Crippen molar-refractivity contribution in [3.63, 3.8) is 0 Å². The molecule has 1 N–H and O–H groups in total. The fourth-order valence-electron chi connectivity index (χ4n) is 1.85. The van der Waals surface area contributed by atoms with Gasteiger partial charge in [-0.25, -0.2) is 0 Å². The molecule has 2 aromatic rings. The minimum atomic E-state index is -0.160. The second-order valence-corrected chi connectivity index (χ2v) is 4.21. The minimum absolute atomic E-state index is 0.160. The molecule has 0 bridgehead atoms. The van der Waals surface area contributed by atoms with Crippen molar-refractivity contribution in [2.75, 3.05) is 19.7 Å². The summed E-state index contributed by atoms with van der Waals surface area (Å²) in [6.45, 7) is 2.49. The number of para-hydroxylation sites is 1. The van der Waals surface area contributed by atoms with E-state index in [0.29, 0.717) is 24.9 Å². The zero-order valence-corrected chi connectivity index (χ0v) is 10.4. The van der Waals surface area contributed by atoms with Crippen LogP contribution in [0.15, 0.2) is 34.9 Å². The van der Waals surface area contributed by atoms with E-state index in [-0.39, 0.29) is 12.7 Å². The Labute approximate surface area is 110 Å². The van der Waals surface area contributed by atoms with E-state index in [1.54, 1.807) is 0 Å². The average Bonchev–Trinajstić information content (AvgIpc) is 2.96. The summed E-state index contributed by atoms with van der Waals surface area (Å²) in [7, 11) is 0. The topological polar surface area (TPSA) is 69.4 Å². The molecule has 1 aromatic heterocycles. The van der Waals surface area contributed by atoms with Crippen molar-refractivity contribution in [3.8, 4) is 5.75 Å². The Hall–Kier alpha value is -1.92. The number of ether oxygens (including phenoxy) is 2. The van der Waals surface area contributed by atoms with E-state index in [0.717, 1.165) is 12.3 Å². The third-order valence-corrected chi connectivity index (χ3v) is 2.80. The zero-order valence-electron chi connectivity index (χ0n) is 10.4. The lowest BCUT2D eigenvalue weighted by molar-refractivity contribution is 0.00755. The number of hydrogen-bond acceptors (Lipinski definition) is 6. The molecule has 1 aliphatic heterocycles. The zero-order chi connectivity index (χ0) is 12.9. The Balaban J connectivity index is 1.58. The average molecular weight is 261 g/mol. The number of rotatable bonds is 4. The van der Waals surface area contributed by atoms with Crippen LogP contribution in [0.3, 0.4) is 0 Å². The molecule has 1 saturated heterocycles. The van der Waals surface area contributed by atoms with Crippen LogP contribution >= 0.6 is 0 Å². The number of nitrogens with one attached hydrogen (secondary N) is 1. The van der Waals surface area contributed by atoms with Gasteiger partial charge in [-0.3, -0.25) is 0 Å². The van der Waals surface area contributed by atoms with Crippen molar-refractivity contribution in [3.05, 3.63) is 42.0 Å². The number of morpholine rings is 1. The van der Waals surface area contributed by atoms with Crippen molar-refractivity contribution in [2.45, 2.75) is 12.7 Å². The Morgan fingerprint density at radius 2 is 2.21 bits per heavy atom. The summed E-state index contributed by atoms with van der Waals surface area (Å²) in [6.07, 6.45) is -0.160. The van der Waals surface area contributed by atoms with Gasteiger partial charge >= 0.3 is 0 Å². The van der Waals surface area contributed by atoms with Crippen LogP contribution in [0.4, 0.5) is 0 Å². The van der Waals surface area contributed by atoms with Crippen LogP contribution in [0.5, 0.6) is 5.75 Å². The Kier molecular flexibility index (Phi) is 3.71. The van der Waals surface area contributed by atoms with E-state index < -0.39 is 0 Å². The van der Waals surface area contributed by atoms with Gasteiger partial charge < -0.3 is 19.3 Å². The molecule has 1 fully saturated rings. The predicted octanol–water partition coefficient (Wildman–Crippen LogP) is 1.31. The summed E-state index contributed by atoms with van der Waals surface area (Å²) in [4.78, 5) is 4.28. The molecule has 6 heteroatoms. The molecule has 6 nitrogen and oxygen atoms in total. The van der Waals surface area contributed by atoms with Crippen molar-refractivity contribution >= 4 is 0 Å². The van der Waals surface area contributed by atoms with Gasteiger partial charge in [0, 0.05) is 13.1 Å². The molecule has 0 saturated carbocycles. The number of nitrogens with zero attached hydrogens (tertiary/aromatic N) is 2. The first kappa shape index (κ1) is 12.1. The van der Waals surface area contributed by atoms with Crippen molar-refractivity contribution in [1.82, 2.24) is 15.5 Å². The van der Waals surface area contributed by atoms with Gasteiger partial charge in [0.15, 0.2) is 6.61 Å². The maximum atomic E-state index is 5.55. The largest absolute Gasteiger partial charge is 0.485 e. The second kappa shape index (κ2) is 5.81. The Morgan fingerprint density at radius 3 is 3.00 bits per heavy atom. The highest BCUT2D eigenvalue weighted by Gasteiger charge is 2.22. The summed E-state index contributed by atoms with van der Waals surface area (Å²) in [5, 5.41) is 7.10. The number of benzene rings is 1. The SMILES string of the molecule is c1ccc(OCc2noc(C3CNCCO3)n2)cc1. The molecule has 1 aromatic carbocycles. The summed E-state index contributed by atoms with van der Waals surface area (Å²) >= 11 is 0. The predicted molar refractivity (Wildman–Crippen MR) is 66.6 cm³/mol. The smallest absolute Gasteiger partial charge is 0.257 e. The maximum Gasteiger partial charge on any atom is 0.257 e. The Morgan fingerprint density at radius 1 is 1.32 bits per heavy atom. The van der Waals surface area contributed by atoms with Crippen LogP contribution < -0.4 is 10.1 Å². The number of hydrogen-bond donors (Lipinski definition) is 1. The molecule has 0 spiro atoms. The lowest BCUT2D eigenvalue weighted by Crippen LogP contribution is -2.33. The number of aromatic nitrogens is 2. The van der Waals surface area contributed by atoms with E-state index in [9.17, 15) is 0 Å². The molecular weight excluding hydrogens is 246 g/mol. The molecule has 2 heterocycles. The summed E-state index contributed by atoms with van der Waals surface area (Å²) < 4.78 is 16.3. The van der Waals surface area contributed by atoms with Crippen LogP contribution in [0, 0.1) is 0 Å². The highest BCUT2D eigenvalue weighted by atomic mass is 16.5. The molecule has 1 atom stereocenters. The summed E-state index contributed by atoms with van der Waals surface area (Å²) in [6, 6.07) is 9.54. The molecule has 0 aliphatic carbocycles. The van der Waals surface area contributed by atoms with Crippen LogP contribution in [-0.4, -0.2) is 29.8 Å². The van der Waals surface area contributed by atoms with Gasteiger partial charge in [0.2, 0.25) is 5.82 Å². The molecule has 100 valence electrons. The molecule has 1 unspecified atom stereocenters. The van der Waals surface area contributed by atoms with E-state index in [2.05, 4.69) is 15.5 Å². The van der Waals surface area contributed by atoms with Gasteiger partial charge in [0.25, 0.3) is 5.89 Å². The van der Waals surface area contributed by atoms with Crippen LogP contribution in [0.25, 0.3) is 0 Å². The van der Waals surface area contributed by atoms with Gasteiger partial charge in [-0.15, -0.1) is 0 Å². The third kappa shape index (κ3) is 3.10. The van der Waals surface area contributed by atoms with Crippen LogP contribution in [0.1, 0.15) is 17.8 Å². The van der Waals surface area contributed by atoms with Crippen molar-refractivity contribution in [2.24, 2.45) is 0 Å². The fourth-order valence-corrected chi connectivity index (χ4v) is 1.85. The molecule has 3 rings (SSSR count). The fraction of sp³-hybridized carbons (Fsp3) is 0.385. The van der Waals surface area contributed by atoms with Crippen LogP contribution in [-0.2, 0) is 11.3 Å². The molecule has 19 heavy (non-hydrogen) atoms. The highest BCUT2D eigenvalue weighted by molar-refractivity contribution is 5.20. The van der Waals surface area contributed by atoms with E-state index in [1.165, 1.54) is 0 Å². The van der Waals surface area contributed by atoms with E-state index in [1.807, 2.05) is 30.3 Å². The summed E-state index contributed by atoms with van der Waals surface area (Å²) in [5.74, 6) is 1.80. The molecule has 0 amide bonds. The highest BCUT2D eigenvalue weighted by Crippen LogP contribution is 2.17. The van der Waals surface area contributed by atoms with Gasteiger partial charge in [0.1, 0.15) is 11.9 Å². The van der Waals surface area contributed by atoms with Crippen LogP contribution in [0.2, 0.25) is 0 Å². The lowest BCUT2D eigenvalue weighted by atomic mass is 10.3. The maximum absolute atomic E-state index is 5.55. The minimum Gasteiger partial charge on any atom is -0.485 e. The molecule has 1 aliphatic rings. The van der Waals surface area contributed by atoms with Gasteiger partial charge in [-0.05, 0) is 12.1 Å². The second-order valence-electron chi connectivity index (χ2n) is 4.21. The molecule has 0 radical (unpaired) electrons. The molecular formula is C13H15N3O3. The first-order valence-corrected chi connectivity index (χ1v) is 6.24. The standard InChI is InChI=1S/C13H15N3O3/c1-2-4-10(5-3-1)18-9-12-15-13(19-16-12)11-8-14-6-7-17-11/h1-5,11,14H,6-9H2. The normalized spacial score (nSPS) is 19.3. The third-order valence-electron chi connectivity index (χ3n) is 2.80. The lowest BCUT2D eigenvalue weighted by Gasteiger charge is -2.19. The van der Waals surface area contributed by atoms with Crippen molar-refractivity contribution in [1.29, 1.82) is 0 Å². The first-order valence-electron chi connectivity index (χ1n) is 6.24. The van der Waals surface area contributed by atoms with Gasteiger partial charge in [-0.1, -0.05) is 23.4 Å². The van der Waals surface area contributed by atoms with Gasteiger partial charge in [0.05, 0.1) is 6.61 Å². The van der Waals surface area contributed by atoms with E-state index in [4.69, 9.17) is 14.0 Å². The monoisotopic (exact) mass is 261 g/mol. The quantitative estimate of drug-likeness (QED) is 0.895. The van der Waals surface area contributed by atoms with E-state index >= 15 is 0 Å². The first-order chi connectivity index (χ1) is 9.42. The Bertz CT molecular complexity index is 509.